The van der Waals surface area contributed by atoms with Gasteiger partial charge in [-0.25, -0.2) is 25.6 Å². The Bertz CT molecular complexity index is 2100. The van der Waals surface area contributed by atoms with Crippen molar-refractivity contribution >= 4 is 46.8 Å². The van der Waals surface area contributed by atoms with Crippen LogP contribution in [0.25, 0.3) is 0 Å². The number of fused-ring (bicyclic) bond motifs is 2. The number of halogens is 3. The van der Waals surface area contributed by atoms with Crippen LogP contribution in [-0.4, -0.2) is 33.2 Å². The molecule has 0 saturated heterocycles. The number of benzene rings is 4. The van der Waals surface area contributed by atoms with Gasteiger partial charge in [0.05, 0.1) is 25.3 Å². The van der Waals surface area contributed by atoms with Crippen molar-refractivity contribution in [2.24, 2.45) is 0 Å². The number of hydrogen-bond donors (Lipinski definition) is 0. The Balaban J connectivity index is 0.000000183. The molecule has 0 amide bonds. The highest BCUT2D eigenvalue weighted by Gasteiger charge is 2.31. The summed E-state index contributed by atoms with van der Waals surface area (Å²) in [4.78, 5) is 20.9. The highest BCUT2D eigenvalue weighted by Crippen LogP contribution is 2.36. The molecule has 0 N–H and O–H groups in total. The van der Waals surface area contributed by atoms with Gasteiger partial charge in [0.2, 0.25) is 0 Å². The first-order valence-corrected chi connectivity index (χ1v) is 18.8. The van der Waals surface area contributed by atoms with Crippen LogP contribution in [0.4, 0.5) is 25.8 Å². The van der Waals surface area contributed by atoms with E-state index in [0.29, 0.717) is 24.1 Å². The van der Waals surface area contributed by atoms with Crippen molar-refractivity contribution in [2.75, 3.05) is 10.8 Å². The molecule has 0 atom stereocenters. The van der Waals surface area contributed by atoms with Crippen molar-refractivity contribution in [1.29, 1.82) is 0 Å². The molecule has 0 aromatic heterocycles. The number of anilines is 1. The quantitative estimate of drug-likeness (QED) is 0.115. The molecule has 4 aromatic carbocycles. The summed E-state index contributed by atoms with van der Waals surface area (Å²) in [6.07, 6.45) is 5.72. The number of hydrogen-bond acceptors (Lipinski definition) is 8. The smallest absolute Gasteiger partial charge is 0.266 e. The molecule has 2 aliphatic rings. The van der Waals surface area contributed by atoms with E-state index in [-0.39, 0.29) is 32.6 Å². The van der Waals surface area contributed by atoms with Crippen molar-refractivity contribution in [1.82, 2.24) is 0 Å². The average molecular weight is 736 g/mol. The maximum Gasteiger partial charge on any atom is 0.274 e. The Kier molecular flexibility index (Phi) is 11.7. The summed E-state index contributed by atoms with van der Waals surface area (Å²) >= 11 is 0. The Labute approximate surface area is 286 Å². The summed E-state index contributed by atoms with van der Waals surface area (Å²) in [5, 5.41) is 21.9. The van der Waals surface area contributed by atoms with E-state index in [2.05, 4.69) is 0 Å². The van der Waals surface area contributed by atoms with Crippen LogP contribution in [0.2, 0.25) is 0 Å². The molecule has 0 spiro atoms. The van der Waals surface area contributed by atoms with Gasteiger partial charge in [-0.1, -0.05) is 0 Å². The Hall–Kier alpha value is -4.47. The minimum absolute atomic E-state index is 0.0417. The molecular formula is C33H32ClF2N3O8S2. The molecule has 6 rings (SSSR count). The summed E-state index contributed by atoms with van der Waals surface area (Å²) in [6, 6.07) is 15.6. The molecule has 1 aliphatic heterocycles. The van der Waals surface area contributed by atoms with Gasteiger partial charge < -0.3 is 0 Å². The Morgan fingerprint density at radius 2 is 1.08 bits per heavy atom. The number of nitro benzene ring substituents is 2. The zero-order chi connectivity index (χ0) is 36.1. The summed E-state index contributed by atoms with van der Waals surface area (Å²) in [6.45, 7) is 3.67. The number of aryl methyl sites for hydroxylation is 5. The van der Waals surface area contributed by atoms with Gasteiger partial charge in [-0.05, 0) is 130 Å². The molecule has 1 heterocycles. The minimum Gasteiger partial charge on any atom is -0.266 e. The van der Waals surface area contributed by atoms with Gasteiger partial charge in [0.1, 0.15) is 11.6 Å². The summed E-state index contributed by atoms with van der Waals surface area (Å²) in [5.41, 5.74) is 5.00. The van der Waals surface area contributed by atoms with Gasteiger partial charge in [0.25, 0.3) is 30.4 Å². The SMILES string of the molecule is Cc1cc2c(cc1[N+](=O)[O-])CCCC2.Cc1cc2c(cc1[N+](=O)[O-])N(S(=O)(=O)c1ccc(F)cc1)CCC2.O=S(=O)(Cl)c1ccc(F)cc1. The predicted molar refractivity (Wildman–Crippen MR) is 181 cm³/mol. The van der Waals surface area contributed by atoms with Gasteiger partial charge in [-0.2, -0.15) is 0 Å². The van der Waals surface area contributed by atoms with Crippen LogP contribution in [0.1, 0.15) is 47.1 Å². The lowest BCUT2D eigenvalue weighted by Gasteiger charge is -2.30. The van der Waals surface area contributed by atoms with E-state index < -0.39 is 35.6 Å². The van der Waals surface area contributed by atoms with Gasteiger partial charge in [0.15, 0.2) is 0 Å². The van der Waals surface area contributed by atoms with Crippen LogP contribution >= 0.6 is 10.7 Å². The lowest BCUT2D eigenvalue weighted by Crippen LogP contribution is -2.35. The third kappa shape index (κ3) is 9.16. The van der Waals surface area contributed by atoms with E-state index >= 15 is 0 Å². The molecule has 260 valence electrons. The third-order valence-electron chi connectivity index (χ3n) is 8.02. The van der Waals surface area contributed by atoms with Crippen molar-refractivity contribution < 1.29 is 35.5 Å². The van der Waals surface area contributed by atoms with Crippen LogP contribution < -0.4 is 4.31 Å². The first-order valence-electron chi connectivity index (χ1n) is 15.0. The van der Waals surface area contributed by atoms with Crippen LogP contribution in [-0.2, 0) is 38.3 Å². The monoisotopic (exact) mass is 735 g/mol. The summed E-state index contributed by atoms with van der Waals surface area (Å²) in [5.74, 6) is -1.02. The van der Waals surface area contributed by atoms with Gasteiger partial charge in [0, 0.05) is 40.5 Å². The molecule has 49 heavy (non-hydrogen) atoms. The normalized spacial score (nSPS) is 13.9. The second-order valence-electron chi connectivity index (χ2n) is 11.4. The third-order valence-corrected chi connectivity index (χ3v) is 11.2. The molecule has 0 bridgehead atoms. The maximum atomic E-state index is 13.1. The Morgan fingerprint density at radius 3 is 1.57 bits per heavy atom. The number of rotatable bonds is 5. The molecule has 0 radical (unpaired) electrons. The number of sulfonamides is 1. The molecule has 1 aliphatic carbocycles. The van der Waals surface area contributed by atoms with Gasteiger partial charge >= 0.3 is 0 Å². The summed E-state index contributed by atoms with van der Waals surface area (Å²) < 4.78 is 73.4. The molecule has 0 unspecified atom stereocenters. The highest BCUT2D eigenvalue weighted by molar-refractivity contribution is 8.13. The standard InChI is InChI=1S/C16H15FN2O4S.C11H13NO2.C6H4ClFO2S/c1-11-9-12-3-2-8-18(16(12)10-15(11)19(20)21)24(22,23)14-6-4-13(17)5-7-14;1-8-6-9-4-2-3-5-10(9)7-11(8)12(13)14;7-11(9,10)6-3-1-5(8)2-4-6/h4-7,9-10H,2-3,8H2,1H3;6-7H,2-5H2,1H3;1-4H. The topological polar surface area (TPSA) is 158 Å². The number of nitrogens with zero attached hydrogens (tertiary/aromatic N) is 3. The van der Waals surface area contributed by atoms with E-state index in [4.69, 9.17) is 10.7 Å². The fraction of sp³-hybridized carbons (Fsp3) is 0.273. The van der Waals surface area contributed by atoms with Crippen molar-refractivity contribution in [2.45, 2.75) is 62.2 Å². The second kappa shape index (κ2) is 15.4. The molecule has 16 heteroatoms. The van der Waals surface area contributed by atoms with Crippen molar-refractivity contribution in [3.05, 3.63) is 132 Å². The lowest BCUT2D eigenvalue weighted by atomic mass is 9.90. The van der Waals surface area contributed by atoms with Gasteiger partial charge in [-0.15, -0.1) is 0 Å². The van der Waals surface area contributed by atoms with E-state index in [1.165, 1.54) is 40.1 Å². The maximum absolute atomic E-state index is 13.1. The zero-order valence-corrected chi connectivity index (χ0v) is 28.8. The predicted octanol–water partition coefficient (Wildman–Crippen LogP) is 7.72. The fourth-order valence-electron chi connectivity index (χ4n) is 5.58. The molecule has 11 nitrogen and oxygen atoms in total. The molecule has 0 saturated carbocycles. The fourth-order valence-corrected chi connectivity index (χ4v) is 7.88. The first kappa shape index (κ1) is 37.4. The molecule has 0 fully saturated rings. The summed E-state index contributed by atoms with van der Waals surface area (Å²) in [7, 11) is -2.66. The lowest BCUT2D eigenvalue weighted by molar-refractivity contribution is -0.385. The van der Waals surface area contributed by atoms with Crippen LogP contribution in [0.3, 0.4) is 0 Å². The number of nitro groups is 2. The second-order valence-corrected chi connectivity index (χ2v) is 15.9. The zero-order valence-electron chi connectivity index (χ0n) is 26.4. The highest BCUT2D eigenvalue weighted by atomic mass is 35.7. The molecule has 4 aromatic rings. The van der Waals surface area contributed by atoms with E-state index in [1.807, 2.05) is 13.0 Å². The van der Waals surface area contributed by atoms with E-state index in [9.17, 15) is 45.8 Å². The average Bonchev–Trinajstić information content (AvgIpc) is 3.04. The first-order chi connectivity index (χ1) is 23.0. The van der Waals surface area contributed by atoms with Gasteiger partial charge in [-0.3, -0.25) is 24.5 Å². The van der Waals surface area contributed by atoms with Crippen LogP contribution in [0.5, 0.6) is 0 Å². The Morgan fingerprint density at radius 1 is 0.653 bits per heavy atom. The van der Waals surface area contributed by atoms with Crippen LogP contribution in [0, 0.1) is 45.7 Å². The van der Waals surface area contributed by atoms with Crippen LogP contribution in [0.15, 0.2) is 82.6 Å². The van der Waals surface area contributed by atoms with Crippen molar-refractivity contribution in [3.8, 4) is 0 Å². The van der Waals surface area contributed by atoms with Crippen molar-refractivity contribution in [3.63, 3.8) is 0 Å². The molecular weight excluding hydrogens is 704 g/mol. The largest absolute Gasteiger partial charge is 0.274 e. The minimum atomic E-state index is -3.90. The van der Waals surface area contributed by atoms with E-state index in [1.54, 1.807) is 19.1 Å². The van der Waals surface area contributed by atoms with E-state index in [0.717, 1.165) is 66.8 Å².